The zero-order valence-electron chi connectivity index (χ0n) is 12.2. The standard InChI is InChI=1S/C14H21N3O3S/c1-2-6-15-14-12(4-3-5-13(14)17(18)19)11-16-7-9-21(20)10-8-16/h3-5,15H,2,6-11H2,1H3. The Morgan fingerprint density at radius 1 is 1.38 bits per heavy atom. The molecule has 0 atom stereocenters. The highest BCUT2D eigenvalue weighted by Crippen LogP contribution is 2.29. The first-order valence-electron chi connectivity index (χ1n) is 7.19. The van der Waals surface area contributed by atoms with Crippen LogP contribution < -0.4 is 5.32 Å². The van der Waals surface area contributed by atoms with E-state index in [-0.39, 0.29) is 10.6 Å². The summed E-state index contributed by atoms with van der Waals surface area (Å²) in [5.74, 6) is 1.37. The Kier molecular flexibility index (Phi) is 5.69. The predicted octanol–water partition coefficient (Wildman–Crippen LogP) is 1.98. The fourth-order valence-corrected chi connectivity index (χ4v) is 3.53. The van der Waals surface area contributed by atoms with Gasteiger partial charge >= 0.3 is 0 Å². The molecule has 1 saturated heterocycles. The lowest BCUT2D eigenvalue weighted by Crippen LogP contribution is -2.37. The molecule has 0 unspecified atom stereocenters. The van der Waals surface area contributed by atoms with Crippen molar-refractivity contribution in [1.82, 2.24) is 4.90 Å². The van der Waals surface area contributed by atoms with Crippen LogP contribution in [0.15, 0.2) is 18.2 Å². The molecule has 0 radical (unpaired) electrons. The monoisotopic (exact) mass is 311 g/mol. The molecule has 0 bridgehead atoms. The minimum absolute atomic E-state index is 0.126. The van der Waals surface area contributed by atoms with Crippen molar-refractivity contribution in [3.05, 3.63) is 33.9 Å². The first kappa shape index (κ1) is 15.9. The second kappa shape index (κ2) is 7.51. The Bertz CT molecular complexity index is 526. The summed E-state index contributed by atoms with van der Waals surface area (Å²) in [6.07, 6.45) is 0.911. The molecule has 0 aliphatic carbocycles. The summed E-state index contributed by atoms with van der Waals surface area (Å²) in [6, 6.07) is 5.19. The van der Waals surface area contributed by atoms with Crippen molar-refractivity contribution in [2.45, 2.75) is 19.9 Å². The molecule has 0 saturated carbocycles. The lowest BCUT2D eigenvalue weighted by Gasteiger charge is -2.27. The molecule has 6 nitrogen and oxygen atoms in total. The maximum absolute atomic E-state index is 11.4. The topological polar surface area (TPSA) is 75.5 Å². The Morgan fingerprint density at radius 3 is 2.71 bits per heavy atom. The van der Waals surface area contributed by atoms with Crippen molar-refractivity contribution in [2.75, 3.05) is 36.5 Å². The highest BCUT2D eigenvalue weighted by molar-refractivity contribution is 7.85. The van der Waals surface area contributed by atoms with E-state index in [1.807, 2.05) is 13.0 Å². The van der Waals surface area contributed by atoms with E-state index in [4.69, 9.17) is 0 Å². The zero-order valence-corrected chi connectivity index (χ0v) is 13.0. The number of hydrogen-bond donors (Lipinski definition) is 1. The van der Waals surface area contributed by atoms with Gasteiger partial charge in [-0.25, -0.2) is 0 Å². The number of anilines is 1. The van der Waals surface area contributed by atoms with E-state index in [0.717, 1.165) is 25.1 Å². The summed E-state index contributed by atoms with van der Waals surface area (Å²) in [5.41, 5.74) is 1.68. The van der Waals surface area contributed by atoms with Crippen LogP contribution in [0.5, 0.6) is 0 Å². The van der Waals surface area contributed by atoms with Gasteiger partial charge in [0.1, 0.15) is 5.69 Å². The Labute approximate surface area is 127 Å². The number of hydrogen-bond acceptors (Lipinski definition) is 5. The second-order valence-corrected chi connectivity index (χ2v) is 6.82. The number of nitrogens with zero attached hydrogens (tertiary/aromatic N) is 2. The number of para-hydroxylation sites is 1. The first-order chi connectivity index (χ1) is 10.1. The molecule has 7 heteroatoms. The van der Waals surface area contributed by atoms with Gasteiger partial charge in [-0.3, -0.25) is 19.2 Å². The van der Waals surface area contributed by atoms with Crippen molar-refractivity contribution in [1.29, 1.82) is 0 Å². The van der Waals surface area contributed by atoms with Crippen LogP contribution in [-0.4, -0.2) is 45.2 Å². The van der Waals surface area contributed by atoms with Crippen molar-refractivity contribution in [3.63, 3.8) is 0 Å². The molecule has 2 rings (SSSR count). The summed E-state index contributed by atoms with van der Waals surface area (Å²) >= 11 is 0. The van der Waals surface area contributed by atoms with Gasteiger partial charge in [0.2, 0.25) is 0 Å². The van der Waals surface area contributed by atoms with Gasteiger partial charge in [0.05, 0.1) is 4.92 Å². The van der Waals surface area contributed by atoms with E-state index in [9.17, 15) is 14.3 Å². The molecule has 1 aliphatic heterocycles. The van der Waals surface area contributed by atoms with E-state index in [2.05, 4.69) is 10.2 Å². The zero-order chi connectivity index (χ0) is 15.2. The normalized spacial score (nSPS) is 16.8. The second-order valence-electron chi connectivity index (χ2n) is 5.12. The quantitative estimate of drug-likeness (QED) is 0.642. The summed E-state index contributed by atoms with van der Waals surface area (Å²) < 4.78 is 11.4. The van der Waals surface area contributed by atoms with Crippen molar-refractivity contribution < 1.29 is 9.13 Å². The van der Waals surface area contributed by atoms with Crippen LogP contribution >= 0.6 is 0 Å². The molecule has 0 spiro atoms. The van der Waals surface area contributed by atoms with Gasteiger partial charge in [-0.2, -0.15) is 0 Å². The molecule has 1 fully saturated rings. The lowest BCUT2D eigenvalue weighted by molar-refractivity contribution is -0.384. The van der Waals surface area contributed by atoms with Crippen LogP contribution in [0.25, 0.3) is 0 Å². The van der Waals surface area contributed by atoms with E-state index < -0.39 is 10.8 Å². The third-order valence-corrected chi connectivity index (χ3v) is 4.82. The largest absolute Gasteiger partial charge is 0.379 e. The molecule has 1 aliphatic rings. The first-order valence-corrected chi connectivity index (χ1v) is 8.68. The minimum Gasteiger partial charge on any atom is -0.379 e. The maximum atomic E-state index is 11.4. The van der Waals surface area contributed by atoms with Crippen molar-refractivity contribution in [2.24, 2.45) is 0 Å². The predicted molar refractivity (Wildman–Crippen MR) is 85.0 cm³/mol. The van der Waals surface area contributed by atoms with E-state index in [1.54, 1.807) is 6.07 Å². The van der Waals surface area contributed by atoms with Gasteiger partial charge < -0.3 is 5.32 Å². The molecule has 116 valence electrons. The van der Waals surface area contributed by atoms with Crippen molar-refractivity contribution in [3.8, 4) is 0 Å². The highest BCUT2D eigenvalue weighted by atomic mass is 32.2. The third-order valence-electron chi connectivity index (χ3n) is 3.54. The summed E-state index contributed by atoms with van der Waals surface area (Å²) in [6.45, 7) is 4.96. The average molecular weight is 311 g/mol. The molecule has 0 aromatic heterocycles. The Hall–Kier alpha value is -1.47. The molecule has 1 aromatic carbocycles. The Balaban J connectivity index is 2.18. The van der Waals surface area contributed by atoms with Gasteiger partial charge in [-0.15, -0.1) is 0 Å². The molecule has 21 heavy (non-hydrogen) atoms. The number of nitro groups is 1. The van der Waals surface area contributed by atoms with Gasteiger partial charge in [0, 0.05) is 54.6 Å². The van der Waals surface area contributed by atoms with E-state index >= 15 is 0 Å². The van der Waals surface area contributed by atoms with Gasteiger partial charge in [0.15, 0.2) is 0 Å². The number of benzene rings is 1. The van der Waals surface area contributed by atoms with Gasteiger partial charge in [0.25, 0.3) is 5.69 Å². The number of nitrogens with one attached hydrogen (secondary N) is 1. The molecule has 0 amide bonds. The summed E-state index contributed by atoms with van der Waals surface area (Å²) in [4.78, 5) is 13.0. The SMILES string of the molecule is CCCNc1c(CN2CCS(=O)CC2)cccc1[N+](=O)[O-]. The average Bonchev–Trinajstić information content (AvgIpc) is 2.48. The summed E-state index contributed by atoms with van der Waals surface area (Å²) in [7, 11) is -0.706. The van der Waals surface area contributed by atoms with Crippen LogP contribution in [0.4, 0.5) is 11.4 Å². The number of nitro benzene ring substituents is 1. The van der Waals surface area contributed by atoms with Crippen molar-refractivity contribution >= 4 is 22.2 Å². The molecule has 1 aromatic rings. The fraction of sp³-hybridized carbons (Fsp3) is 0.571. The van der Waals surface area contributed by atoms with Gasteiger partial charge in [-0.1, -0.05) is 19.1 Å². The molecular formula is C14H21N3O3S. The van der Waals surface area contributed by atoms with Crippen LogP contribution in [-0.2, 0) is 17.3 Å². The minimum atomic E-state index is -0.706. The highest BCUT2D eigenvalue weighted by Gasteiger charge is 2.20. The smallest absolute Gasteiger partial charge is 0.292 e. The third kappa shape index (κ3) is 4.25. The fourth-order valence-electron chi connectivity index (χ4n) is 2.40. The maximum Gasteiger partial charge on any atom is 0.292 e. The number of rotatable bonds is 6. The van der Waals surface area contributed by atoms with E-state index in [1.165, 1.54) is 6.07 Å². The van der Waals surface area contributed by atoms with E-state index in [0.29, 0.717) is 30.3 Å². The Morgan fingerprint density at radius 2 is 2.10 bits per heavy atom. The van der Waals surface area contributed by atoms with Crippen LogP contribution in [0, 0.1) is 10.1 Å². The molecule has 1 heterocycles. The summed E-state index contributed by atoms with van der Waals surface area (Å²) in [5, 5.41) is 14.4. The van der Waals surface area contributed by atoms with Crippen LogP contribution in [0.1, 0.15) is 18.9 Å². The van der Waals surface area contributed by atoms with Gasteiger partial charge in [-0.05, 0) is 12.0 Å². The molecular weight excluding hydrogens is 290 g/mol. The van der Waals surface area contributed by atoms with Crippen LogP contribution in [0.3, 0.4) is 0 Å². The lowest BCUT2D eigenvalue weighted by atomic mass is 10.1. The van der Waals surface area contributed by atoms with Crippen LogP contribution in [0.2, 0.25) is 0 Å². The molecule has 1 N–H and O–H groups in total.